The molecule has 9 heteroatoms. The van der Waals surface area contributed by atoms with E-state index in [4.69, 9.17) is 5.11 Å². The molecule has 2 rings (SSSR count). The van der Waals surface area contributed by atoms with E-state index in [-0.39, 0.29) is 6.54 Å². The number of aromatic amines is 1. The summed E-state index contributed by atoms with van der Waals surface area (Å²) in [5, 5.41) is 12.7. The Morgan fingerprint density at radius 3 is 2.78 bits per heavy atom. The topological polar surface area (TPSA) is 123 Å². The molecule has 94 valence electrons. The van der Waals surface area contributed by atoms with E-state index in [0.717, 1.165) is 10.8 Å². The molecular weight excluding hydrogens is 242 g/mol. The first kappa shape index (κ1) is 11.8. The molecule has 0 aromatic carbocycles. The number of hydrogen-bond acceptors (Lipinski definition) is 5. The summed E-state index contributed by atoms with van der Waals surface area (Å²) < 4.78 is 2.48. The molecule has 18 heavy (non-hydrogen) atoms. The SMILES string of the molecule is Cn1cnc(Cn2cc(C(=O)O)c(=O)[nH]c2=O)n1. The number of aryl methyl sites for hydroxylation is 1. The summed E-state index contributed by atoms with van der Waals surface area (Å²) in [5.41, 5.74) is -2.15. The molecule has 0 aliphatic rings. The lowest BCUT2D eigenvalue weighted by Crippen LogP contribution is -2.33. The van der Waals surface area contributed by atoms with E-state index < -0.39 is 22.8 Å². The van der Waals surface area contributed by atoms with Crippen LogP contribution in [0.2, 0.25) is 0 Å². The lowest BCUT2D eigenvalue weighted by atomic mass is 10.3. The van der Waals surface area contributed by atoms with Gasteiger partial charge >= 0.3 is 11.7 Å². The normalized spacial score (nSPS) is 10.5. The van der Waals surface area contributed by atoms with Crippen LogP contribution < -0.4 is 11.2 Å². The van der Waals surface area contributed by atoms with Gasteiger partial charge in [-0.2, -0.15) is 5.10 Å². The van der Waals surface area contributed by atoms with Gasteiger partial charge in [0, 0.05) is 13.2 Å². The van der Waals surface area contributed by atoms with Crippen molar-refractivity contribution in [1.29, 1.82) is 0 Å². The van der Waals surface area contributed by atoms with Gasteiger partial charge in [-0.3, -0.25) is 19.0 Å². The molecule has 0 radical (unpaired) electrons. The Bertz CT molecular complexity index is 710. The first-order valence-corrected chi connectivity index (χ1v) is 4.89. The number of carbonyl (C=O) groups is 1. The third kappa shape index (κ3) is 2.19. The van der Waals surface area contributed by atoms with E-state index in [9.17, 15) is 14.4 Å². The number of nitrogens with one attached hydrogen (secondary N) is 1. The van der Waals surface area contributed by atoms with Gasteiger partial charge in [0.1, 0.15) is 11.9 Å². The first-order chi connectivity index (χ1) is 8.47. The number of carboxylic acids is 1. The predicted molar refractivity (Wildman–Crippen MR) is 58.4 cm³/mol. The Hall–Kier alpha value is -2.71. The summed E-state index contributed by atoms with van der Waals surface area (Å²) in [5.74, 6) is -1.07. The van der Waals surface area contributed by atoms with Crippen LogP contribution in [0.5, 0.6) is 0 Å². The average molecular weight is 251 g/mol. The molecule has 0 spiro atoms. The molecule has 2 aromatic rings. The first-order valence-electron chi connectivity index (χ1n) is 4.89. The van der Waals surface area contributed by atoms with E-state index in [1.165, 1.54) is 11.0 Å². The summed E-state index contributed by atoms with van der Waals surface area (Å²) in [4.78, 5) is 39.3. The molecule has 2 heterocycles. The molecule has 2 aromatic heterocycles. The second-order valence-corrected chi connectivity index (χ2v) is 3.57. The molecule has 0 aliphatic heterocycles. The van der Waals surface area contributed by atoms with Crippen molar-refractivity contribution in [2.75, 3.05) is 0 Å². The van der Waals surface area contributed by atoms with E-state index >= 15 is 0 Å². The number of hydrogen-bond donors (Lipinski definition) is 2. The fourth-order valence-electron chi connectivity index (χ4n) is 1.39. The van der Waals surface area contributed by atoms with Crippen LogP contribution in [-0.2, 0) is 13.6 Å². The van der Waals surface area contributed by atoms with Crippen LogP contribution in [0.25, 0.3) is 0 Å². The number of nitrogens with zero attached hydrogens (tertiary/aromatic N) is 4. The van der Waals surface area contributed by atoms with Crippen LogP contribution in [0.15, 0.2) is 22.1 Å². The van der Waals surface area contributed by atoms with E-state index in [0.29, 0.717) is 5.82 Å². The summed E-state index contributed by atoms with van der Waals surface area (Å²) in [6.45, 7) is -0.0171. The van der Waals surface area contributed by atoms with Crippen molar-refractivity contribution in [2.45, 2.75) is 6.54 Å². The highest BCUT2D eigenvalue weighted by Gasteiger charge is 2.12. The third-order valence-corrected chi connectivity index (χ3v) is 2.20. The zero-order valence-electron chi connectivity index (χ0n) is 9.32. The Balaban J connectivity index is 2.45. The van der Waals surface area contributed by atoms with Gasteiger partial charge in [0.15, 0.2) is 5.82 Å². The second-order valence-electron chi connectivity index (χ2n) is 3.57. The van der Waals surface area contributed by atoms with E-state index in [2.05, 4.69) is 10.1 Å². The summed E-state index contributed by atoms with van der Waals surface area (Å²) >= 11 is 0. The number of rotatable bonds is 3. The Kier molecular flexibility index (Phi) is 2.80. The highest BCUT2D eigenvalue weighted by atomic mass is 16.4. The maximum absolute atomic E-state index is 11.5. The van der Waals surface area contributed by atoms with Gasteiger partial charge in [-0.15, -0.1) is 0 Å². The van der Waals surface area contributed by atoms with Crippen molar-refractivity contribution in [3.05, 3.63) is 44.8 Å². The zero-order chi connectivity index (χ0) is 13.3. The molecule has 0 atom stereocenters. The summed E-state index contributed by atoms with van der Waals surface area (Å²) in [6.07, 6.45) is 2.42. The number of H-pyrrole nitrogens is 1. The smallest absolute Gasteiger partial charge is 0.342 e. The zero-order valence-corrected chi connectivity index (χ0v) is 9.32. The maximum atomic E-state index is 11.5. The number of aromatic nitrogens is 5. The summed E-state index contributed by atoms with van der Waals surface area (Å²) in [6, 6.07) is 0. The minimum atomic E-state index is -1.40. The van der Waals surface area contributed by atoms with Crippen LogP contribution in [0.4, 0.5) is 0 Å². The van der Waals surface area contributed by atoms with Crippen molar-refractivity contribution in [3.63, 3.8) is 0 Å². The molecule has 0 saturated heterocycles. The van der Waals surface area contributed by atoms with Crippen molar-refractivity contribution in [2.24, 2.45) is 7.05 Å². The Labute approximate surface area is 99.3 Å². The highest BCUT2D eigenvalue weighted by Crippen LogP contribution is 1.93. The van der Waals surface area contributed by atoms with Crippen molar-refractivity contribution in [1.82, 2.24) is 24.3 Å². The quantitative estimate of drug-likeness (QED) is 0.678. The Morgan fingerprint density at radius 2 is 2.22 bits per heavy atom. The second kappa shape index (κ2) is 4.28. The largest absolute Gasteiger partial charge is 0.477 e. The van der Waals surface area contributed by atoms with Crippen LogP contribution in [-0.4, -0.2) is 35.4 Å². The molecule has 0 amide bonds. The fourth-order valence-corrected chi connectivity index (χ4v) is 1.39. The van der Waals surface area contributed by atoms with Gasteiger partial charge in [0.2, 0.25) is 0 Å². The molecule has 9 nitrogen and oxygen atoms in total. The van der Waals surface area contributed by atoms with Gasteiger partial charge in [-0.25, -0.2) is 14.6 Å². The van der Waals surface area contributed by atoms with E-state index in [1.807, 2.05) is 4.98 Å². The fraction of sp³-hybridized carbons (Fsp3) is 0.222. The van der Waals surface area contributed by atoms with Crippen LogP contribution in [0.1, 0.15) is 16.2 Å². The van der Waals surface area contributed by atoms with Crippen LogP contribution >= 0.6 is 0 Å². The molecule has 0 aliphatic carbocycles. The average Bonchev–Trinajstić information content (AvgIpc) is 2.67. The molecule has 0 fully saturated rings. The molecule has 2 N–H and O–H groups in total. The highest BCUT2D eigenvalue weighted by molar-refractivity contribution is 5.86. The monoisotopic (exact) mass is 251 g/mol. The molecule has 0 unspecified atom stereocenters. The van der Waals surface area contributed by atoms with Crippen molar-refractivity contribution >= 4 is 5.97 Å². The van der Waals surface area contributed by atoms with Gasteiger partial charge < -0.3 is 5.11 Å². The minimum Gasteiger partial charge on any atom is -0.477 e. The van der Waals surface area contributed by atoms with Crippen molar-refractivity contribution < 1.29 is 9.90 Å². The number of carboxylic acid groups (broad SMARTS) is 1. The van der Waals surface area contributed by atoms with Crippen LogP contribution in [0, 0.1) is 0 Å². The van der Waals surface area contributed by atoms with Gasteiger partial charge in [0.05, 0.1) is 6.54 Å². The minimum absolute atomic E-state index is 0.0171. The maximum Gasteiger partial charge on any atom is 0.342 e. The standard InChI is InChI=1S/C9H9N5O4/c1-13-4-10-6(12-13)3-14-2-5(8(16)17)7(15)11-9(14)18/h2,4H,3H2,1H3,(H,16,17)(H,11,15,18). The summed E-state index contributed by atoms with van der Waals surface area (Å²) in [7, 11) is 1.66. The predicted octanol–water partition coefficient (Wildman–Crippen LogP) is -1.59. The molecule has 0 bridgehead atoms. The lowest BCUT2D eigenvalue weighted by Gasteiger charge is -2.02. The van der Waals surface area contributed by atoms with Gasteiger partial charge in [-0.1, -0.05) is 0 Å². The number of aromatic carboxylic acids is 1. The van der Waals surface area contributed by atoms with Gasteiger partial charge in [0.25, 0.3) is 5.56 Å². The van der Waals surface area contributed by atoms with Crippen LogP contribution in [0.3, 0.4) is 0 Å². The molecule has 0 saturated carbocycles. The molecular formula is C9H9N5O4. The van der Waals surface area contributed by atoms with Gasteiger partial charge in [-0.05, 0) is 0 Å². The van der Waals surface area contributed by atoms with E-state index in [1.54, 1.807) is 7.05 Å². The van der Waals surface area contributed by atoms with Crippen molar-refractivity contribution in [3.8, 4) is 0 Å². The lowest BCUT2D eigenvalue weighted by molar-refractivity contribution is 0.0693. The third-order valence-electron chi connectivity index (χ3n) is 2.20. The Morgan fingerprint density at radius 1 is 1.50 bits per heavy atom.